The summed E-state index contributed by atoms with van der Waals surface area (Å²) in [5.74, 6) is -0.307. The van der Waals surface area contributed by atoms with Crippen molar-refractivity contribution < 1.29 is 12.8 Å². The van der Waals surface area contributed by atoms with Gasteiger partial charge in [-0.1, -0.05) is 24.6 Å². The van der Waals surface area contributed by atoms with E-state index in [2.05, 4.69) is 10.0 Å². The van der Waals surface area contributed by atoms with Crippen LogP contribution in [-0.4, -0.2) is 38.9 Å². The summed E-state index contributed by atoms with van der Waals surface area (Å²) in [6, 6.07) is 4.18. The van der Waals surface area contributed by atoms with E-state index in [9.17, 15) is 12.8 Å². The summed E-state index contributed by atoms with van der Waals surface area (Å²) in [5, 5.41) is 3.44. The third-order valence-corrected chi connectivity index (χ3v) is 5.84. The van der Waals surface area contributed by atoms with Crippen molar-refractivity contribution in [3.8, 4) is 0 Å². The molecule has 0 amide bonds. The van der Waals surface area contributed by atoms with Gasteiger partial charge in [0.1, 0.15) is 5.82 Å². The average molecular weight is 350 g/mol. The van der Waals surface area contributed by atoms with Crippen LogP contribution in [0.15, 0.2) is 18.2 Å². The normalized spacial score (nSPS) is 23.0. The van der Waals surface area contributed by atoms with Gasteiger partial charge in [0.05, 0.1) is 0 Å². The maximum atomic E-state index is 13.8. The highest BCUT2D eigenvalue weighted by molar-refractivity contribution is 7.87. The van der Waals surface area contributed by atoms with Gasteiger partial charge in [-0.2, -0.15) is 17.4 Å². The lowest BCUT2D eigenvalue weighted by molar-refractivity contribution is 0.319. The van der Waals surface area contributed by atoms with Crippen molar-refractivity contribution in [2.24, 2.45) is 5.92 Å². The standard InChI is InChI=1S/C14H21ClFN3O2S/c1-10-8-17-7-6-14(10)18-22(20,21)19(2)9-11-12(15)4-3-5-13(11)16/h3-5,10,14,17-18H,6-9H2,1-2H3. The van der Waals surface area contributed by atoms with Crippen molar-refractivity contribution in [3.05, 3.63) is 34.6 Å². The first kappa shape index (κ1) is 17.6. The van der Waals surface area contributed by atoms with Crippen LogP contribution in [-0.2, 0) is 16.8 Å². The predicted molar refractivity (Wildman–Crippen MR) is 85.4 cm³/mol. The van der Waals surface area contributed by atoms with Crippen LogP contribution in [0.25, 0.3) is 0 Å². The molecule has 0 saturated carbocycles. The highest BCUT2D eigenvalue weighted by Gasteiger charge is 2.28. The van der Waals surface area contributed by atoms with Gasteiger partial charge in [-0.25, -0.2) is 4.39 Å². The van der Waals surface area contributed by atoms with E-state index < -0.39 is 16.0 Å². The topological polar surface area (TPSA) is 61.4 Å². The fourth-order valence-corrected chi connectivity index (χ4v) is 3.90. The Labute approximate surface area is 136 Å². The molecule has 0 bridgehead atoms. The minimum absolute atomic E-state index is 0.111. The molecule has 5 nitrogen and oxygen atoms in total. The number of hydrogen-bond acceptors (Lipinski definition) is 3. The highest BCUT2D eigenvalue weighted by atomic mass is 35.5. The Kier molecular flexibility index (Phi) is 5.79. The Morgan fingerprint density at radius 2 is 2.23 bits per heavy atom. The van der Waals surface area contributed by atoms with Crippen LogP contribution < -0.4 is 10.0 Å². The van der Waals surface area contributed by atoms with Gasteiger partial charge in [-0.05, 0) is 37.6 Å². The van der Waals surface area contributed by atoms with E-state index in [1.807, 2.05) is 6.92 Å². The molecule has 22 heavy (non-hydrogen) atoms. The first-order valence-electron chi connectivity index (χ1n) is 7.18. The van der Waals surface area contributed by atoms with Gasteiger partial charge in [-0.3, -0.25) is 0 Å². The van der Waals surface area contributed by atoms with Gasteiger partial charge in [0.15, 0.2) is 0 Å². The second-order valence-electron chi connectivity index (χ2n) is 5.66. The predicted octanol–water partition coefficient (Wildman–Crippen LogP) is 1.74. The number of nitrogens with one attached hydrogen (secondary N) is 2. The zero-order valence-corrected chi connectivity index (χ0v) is 14.2. The van der Waals surface area contributed by atoms with Crippen molar-refractivity contribution in [1.29, 1.82) is 0 Å². The van der Waals surface area contributed by atoms with E-state index in [0.29, 0.717) is 0 Å². The van der Waals surface area contributed by atoms with Crippen LogP contribution >= 0.6 is 11.6 Å². The molecule has 1 fully saturated rings. The van der Waals surface area contributed by atoms with Crippen molar-refractivity contribution in [2.75, 3.05) is 20.1 Å². The van der Waals surface area contributed by atoms with Crippen LogP contribution in [0.1, 0.15) is 18.9 Å². The van der Waals surface area contributed by atoms with Crippen LogP contribution in [0.3, 0.4) is 0 Å². The van der Waals surface area contributed by atoms with Crippen molar-refractivity contribution in [1.82, 2.24) is 14.3 Å². The second kappa shape index (κ2) is 7.23. The van der Waals surface area contributed by atoms with Gasteiger partial charge in [0, 0.05) is 30.2 Å². The quantitative estimate of drug-likeness (QED) is 0.851. The van der Waals surface area contributed by atoms with Crippen LogP contribution in [0, 0.1) is 11.7 Å². The van der Waals surface area contributed by atoms with Crippen molar-refractivity contribution >= 4 is 21.8 Å². The lowest BCUT2D eigenvalue weighted by atomic mass is 9.97. The first-order valence-corrected chi connectivity index (χ1v) is 9.00. The Hall–Kier alpha value is -0.730. The molecule has 1 heterocycles. The smallest absolute Gasteiger partial charge is 0.279 e. The molecular formula is C14H21ClFN3O2S. The first-order chi connectivity index (χ1) is 10.3. The van der Waals surface area contributed by atoms with E-state index in [4.69, 9.17) is 11.6 Å². The molecule has 0 aromatic heterocycles. The number of nitrogens with zero attached hydrogens (tertiary/aromatic N) is 1. The summed E-state index contributed by atoms with van der Waals surface area (Å²) in [7, 11) is -2.28. The monoisotopic (exact) mass is 349 g/mol. The third-order valence-electron chi connectivity index (χ3n) is 3.94. The summed E-state index contributed by atoms with van der Waals surface area (Å²) < 4.78 is 42.4. The molecule has 8 heteroatoms. The lowest BCUT2D eigenvalue weighted by Crippen LogP contribution is -2.51. The fraction of sp³-hybridized carbons (Fsp3) is 0.571. The number of benzene rings is 1. The van der Waals surface area contributed by atoms with E-state index >= 15 is 0 Å². The van der Waals surface area contributed by atoms with Crippen LogP contribution in [0.4, 0.5) is 4.39 Å². The SMILES string of the molecule is CC1CNCCC1NS(=O)(=O)N(C)Cc1c(F)cccc1Cl. The molecule has 1 saturated heterocycles. The molecule has 1 aliphatic heterocycles. The average Bonchev–Trinajstić information content (AvgIpc) is 2.45. The lowest BCUT2D eigenvalue weighted by Gasteiger charge is -2.31. The molecule has 2 N–H and O–H groups in total. The molecule has 2 atom stereocenters. The maximum Gasteiger partial charge on any atom is 0.279 e. The summed E-state index contributed by atoms with van der Waals surface area (Å²) in [6.45, 7) is 3.43. The van der Waals surface area contributed by atoms with Gasteiger partial charge < -0.3 is 5.32 Å². The summed E-state index contributed by atoms with van der Waals surface area (Å²) in [4.78, 5) is 0. The summed E-state index contributed by atoms with van der Waals surface area (Å²) in [5.41, 5.74) is 0.176. The zero-order valence-electron chi connectivity index (χ0n) is 12.6. The van der Waals surface area contributed by atoms with E-state index in [-0.39, 0.29) is 29.1 Å². The number of piperidine rings is 1. The van der Waals surface area contributed by atoms with Gasteiger partial charge in [-0.15, -0.1) is 0 Å². The van der Waals surface area contributed by atoms with Crippen molar-refractivity contribution in [2.45, 2.75) is 25.9 Å². The Bertz CT molecular complexity index is 606. The highest BCUT2D eigenvalue weighted by Crippen LogP contribution is 2.21. The fourth-order valence-electron chi connectivity index (χ4n) is 2.46. The molecule has 0 radical (unpaired) electrons. The molecule has 0 aliphatic carbocycles. The molecule has 1 aromatic rings. The third kappa shape index (κ3) is 4.17. The Morgan fingerprint density at radius 1 is 1.50 bits per heavy atom. The minimum Gasteiger partial charge on any atom is -0.316 e. The van der Waals surface area contributed by atoms with Crippen LogP contribution in [0.5, 0.6) is 0 Å². The van der Waals surface area contributed by atoms with Crippen LogP contribution in [0.2, 0.25) is 5.02 Å². The number of rotatable bonds is 5. The number of hydrogen-bond donors (Lipinski definition) is 2. The number of halogens is 2. The van der Waals surface area contributed by atoms with Gasteiger partial charge >= 0.3 is 0 Å². The molecular weight excluding hydrogens is 329 g/mol. The molecule has 2 rings (SSSR count). The maximum absolute atomic E-state index is 13.8. The molecule has 0 spiro atoms. The molecule has 1 aliphatic rings. The summed E-state index contributed by atoms with van der Waals surface area (Å²) >= 11 is 5.95. The van der Waals surface area contributed by atoms with E-state index in [0.717, 1.165) is 23.8 Å². The zero-order chi connectivity index (χ0) is 16.3. The van der Waals surface area contributed by atoms with Gasteiger partial charge in [0.2, 0.25) is 0 Å². The minimum atomic E-state index is -3.69. The largest absolute Gasteiger partial charge is 0.316 e. The molecule has 2 unspecified atom stereocenters. The van der Waals surface area contributed by atoms with Gasteiger partial charge in [0.25, 0.3) is 10.2 Å². The molecule has 1 aromatic carbocycles. The summed E-state index contributed by atoms with van der Waals surface area (Å²) in [6.07, 6.45) is 0.731. The Balaban J connectivity index is 2.08. The van der Waals surface area contributed by atoms with E-state index in [1.54, 1.807) is 6.07 Å². The second-order valence-corrected chi connectivity index (χ2v) is 7.87. The molecule has 124 valence electrons. The Morgan fingerprint density at radius 3 is 2.86 bits per heavy atom. The van der Waals surface area contributed by atoms with E-state index in [1.165, 1.54) is 19.2 Å². The van der Waals surface area contributed by atoms with Crippen molar-refractivity contribution in [3.63, 3.8) is 0 Å².